The number of nitriles is 1. The molecule has 0 bridgehead atoms. The second kappa shape index (κ2) is 5.07. The minimum absolute atomic E-state index is 0.185. The van der Waals surface area contributed by atoms with Gasteiger partial charge in [0.1, 0.15) is 6.07 Å². The first-order chi connectivity index (χ1) is 8.58. The van der Waals surface area contributed by atoms with E-state index in [-0.39, 0.29) is 5.56 Å². The zero-order valence-electron chi connectivity index (χ0n) is 10.0. The molecule has 2 rings (SSSR count). The Morgan fingerprint density at radius 2 is 2.11 bits per heavy atom. The molecule has 0 saturated carbocycles. The highest BCUT2D eigenvalue weighted by molar-refractivity contribution is 7.99. The van der Waals surface area contributed by atoms with E-state index in [1.54, 1.807) is 6.92 Å². The summed E-state index contributed by atoms with van der Waals surface area (Å²) in [4.78, 5) is 19.0. The van der Waals surface area contributed by atoms with Crippen LogP contribution < -0.4 is 5.56 Å². The lowest BCUT2D eigenvalue weighted by molar-refractivity contribution is 0.905. The van der Waals surface area contributed by atoms with Crippen LogP contribution in [0.15, 0.2) is 39.1 Å². The van der Waals surface area contributed by atoms with Gasteiger partial charge in [0.25, 0.3) is 5.56 Å². The van der Waals surface area contributed by atoms with E-state index in [1.807, 2.05) is 25.1 Å². The number of rotatable bonds is 2. The molecular weight excluding hydrogens is 246 g/mol. The summed E-state index contributed by atoms with van der Waals surface area (Å²) in [6, 6.07) is 9.19. The summed E-state index contributed by atoms with van der Waals surface area (Å²) in [6.45, 7) is 3.70. The molecule has 18 heavy (non-hydrogen) atoms. The molecule has 1 N–H and O–H groups in total. The molecule has 0 amide bonds. The van der Waals surface area contributed by atoms with Crippen LogP contribution in [-0.2, 0) is 0 Å². The highest BCUT2D eigenvalue weighted by Crippen LogP contribution is 2.27. The van der Waals surface area contributed by atoms with Gasteiger partial charge in [0, 0.05) is 16.7 Å². The number of aromatic nitrogens is 2. The van der Waals surface area contributed by atoms with Crippen molar-refractivity contribution in [1.82, 2.24) is 9.97 Å². The van der Waals surface area contributed by atoms with Crippen LogP contribution in [0.1, 0.15) is 16.8 Å². The van der Waals surface area contributed by atoms with E-state index in [0.717, 1.165) is 10.5 Å². The number of hydrogen-bond acceptors (Lipinski definition) is 4. The Labute approximate surface area is 109 Å². The molecule has 0 aliphatic rings. The van der Waals surface area contributed by atoms with Crippen molar-refractivity contribution in [2.24, 2.45) is 0 Å². The van der Waals surface area contributed by atoms with Crippen LogP contribution in [0.3, 0.4) is 0 Å². The summed E-state index contributed by atoms with van der Waals surface area (Å²) in [6.07, 6.45) is 0. The number of H-pyrrole nitrogens is 1. The van der Waals surface area contributed by atoms with Crippen molar-refractivity contribution in [3.63, 3.8) is 0 Å². The number of nitrogens with one attached hydrogen (secondary N) is 1. The monoisotopic (exact) mass is 257 g/mol. The third kappa shape index (κ3) is 2.79. The second-order valence-electron chi connectivity index (χ2n) is 3.91. The summed E-state index contributed by atoms with van der Waals surface area (Å²) in [5.41, 5.74) is 2.09. The molecule has 0 saturated heterocycles. The molecule has 1 aromatic heterocycles. The zero-order chi connectivity index (χ0) is 13.1. The van der Waals surface area contributed by atoms with Crippen LogP contribution >= 0.6 is 11.8 Å². The van der Waals surface area contributed by atoms with E-state index in [2.05, 4.69) is 16.0 Å². The second-order valence-corrected chi connectivity index (χ2v) is 4.94. The maximum absolute atomic E-state index is 11.3. The first-order valence-electron chi connectivity index (χ1n) is 5.35. The molecule has 90 valence electrons. The van der Waals surface area contributed by atoms with E-state index in [4.69, 9.17) is 5.26 Å². The number of benzene rings is 1. The normalized spacial score (nSPS) is 10.1. The van der Waals surface area contributed by atoms with Crippen LogP contribution in [0.5, 0.6) is 0 Å². The van der Waals surface area contributed by atoms with Crippen molar-refractivity contribution < 1.29 is 0 Å². The van der Waals surface area contributed by atoms with Crippen molar-refractivity contribution in [3.8, 4) is 6.07 Å². The lowest BCUT2D eigenvalue weighted by Gasteiger charge is -2.04. The third-order valence-electron chi connectivity index (χ3n) is 2.31. The van der Waals surface area contributed by atoms with Crippen molar-refractivity contribution in [3.05, 3.63) is 51.4 Å². The largest absolute Gasteiger partial charge is 0.301 e. The lowest BCUT2D eigenvalue weighted by Crippen LogP contribution is -2.07. The number of hydrogen-bond donors (Lipinski definition) is 1. The van der Waals surface area contributed by atoms with E-state index >= 15 is 0 Å². The molecule has 0 spiro atoms. The predicted molar refractivity (Wildman–Crippen MR) is 69.6 cm³/mol. The zero-order valence-corrected chi connectivity index (χ0v) is 10.8. The molecule has 0 unspecified atom stereocenters. The molecule has 1 heterocycles. The SMILES string of the molecule is Cc1ccc(Sc2nc(C)cc(=O)[nH]2)c(C#N)c1. The van der Waals surface area contributed by atoms with E-state index in [0.29, 0.717) is 16.4 Å². The maximum Gasteiger partial charge on any atom is 0.251 e. The van der Waals surface area contributed by atoms with Crippen molar-refractivity contribution in [2.75, 3.05) is 0 Å². The molecular formula is C13H11N3OS. The minimum Gasteiger partial charge on any atom is -0.301 e. The predicted octanol–water partition coefficient (Wildman–Crippen LogP) is 2.41. The molecule has 0 atom stereocenters. The van der Waals surface area contributed by atoms with Crippen LogP contribution in [0, 0.1) is 25.2 Å². The van der Waals surface area contributed by atoms with Crippen molar-refractivity contribution in [1.29, 1.82) is 5.26 Å². The van der Waals surface area contributed by atoms with Crippen LogP contribution in [-0.4, -0.2) is 9.97 Å². The van der Waals surface area contributed by atoms with E-state index < -0.39 is 0 Å². The Bertz CT molecular complexity index is 685. The molecule has 5 heteroatoms. The third-order valence-corrected chi connectivity index (χ3v) is 3.27. The van der Waals surface area contributed by atoms with Gasteiger partial charge in [-0.05, 0) is 31.5 Å². The topological polar surface area (TPSA) is 69.5 Å². The fourth-order valence-corrected chi connectivity index (χ4v) is 2.42. The first kappa shape index (κ1) is 12.4. The van der Waals surface area contributed by atoms with Gasteiger partial charge in [-0.25, -0.2) is 4.98 Å². The Morgan fingerprint density at radius 1 is 1.33 bits per heavy atom. The van der Waals surface area contributed by atoms with Gasteiger partial charge in [-0.15, -0.1) is 0 Å². The Hall–Kier alpha value is -2.06. The maximum atomic E-state index is 11.3. The fourth-order valence-electron chi connectivity index (χ4n) is 1.52. The lowest BCUT2D eigenvalue weighted by atomic mass is 10.2. The van der Waals surface area contributed by atoms with Crippen LogP contribution in [0.4, 0.5) is 0 Å². The summed E-state index contributed by atoms with van der Waals surface area (Å²) >= 11 is 1.29. The van der Waals surface area contributed by atoms with Gasteiger partial charge < -0.3 is 4.98 Å². The van der Waals surface area contributed by atoms with Crippen LogP contribution in [0.2, 0.25) is 0 Å². The van der Waals surface area contributed by atoms with Gasteiger partial charge in [-0.1, -0.05) is 17.8 Å². The van der Waals surface area contributed by atoms with Crippen LogP contribution in [0.25, 0.3) is 0 Å². The summed E-state index contributed by atoms with van der Waals surface area (Å²) in [5.74, 6) is 0. The summed E-state index contributed by atoms with van der Waals surface area (Å²) < 4.78 is 0. The minimum atomic E-state index is -0.185. The summed E-state index contributed by atoms with van der Waals surface area (Å²) in [5, 5.41) is 9.57. The van der Waals surface area contributed by atoms with Gasteiger partial charge in [-0.2, -0.15) is 5.26 Å². The molecule has 0 aliphatic carbocycles. The smallest absolute Gasteiger partial charge is 0.251 e. The average molecular weight is 257 g/mol. The van der Waals surface area contributed by atoms with Gasteiger partial charge in [0.15, 0.2) is 5.16 Å². The van der Waals surface area contributed by atoms with Gasteiger partial charge in [-0.3, -0.25) is 4.79 Å². The number of aryl methyl sites for hydroxylation is 2. The van der Waals surface area contributed by atoms with Crippen molar-refractivity contribution >= 4 is 11.8 Å². The number of nitrogens with zero attached hydrogens (tertiary/aromatic N) is 2. The molecule has 4 nitrogen and oxygen atoms in total. The van der Waals surface area contributed by atoms with Gasteiger partial charge in [0.05, 0.1) is 5.56 Å². The molecule has 1 aromatic carbocycles. The van der Waals surface area contributed by atoms with Gasteiger partial charge in [0.2, 0.25) is 0 Å². The molecule has 0 radical (unpaired) electrons. The molecule has 0 fully saturated rings. The average Bonchev–Trinajstić information content (AvgIpc) is 2.30. The Kier molecular flexibility index (Phi) is 3.49. The summed E-state index contributed by atoms with van der Waals surface area (Å²) in [7, 11) is 0. The molecule has 0 aliphatic heterocycles. The van der Waals surface area contributed by atoms with E-state index in [9.17, 15) is 4.79 Å². The highest BCUT2D eigenvalue weighted by atomic mass is 32.2. The highest BCUT2D eigenvalue weighted by Gasteiger charge is 2.06. The number of aromatic amines is 1. The first-order valence-corrected chi connectivity index (χ1v) is 6.17. The van der Waals surface area contributed by atoms with Crippen molar-refractivity contribution in [2.45, 2.75) is 23.9 Å². The quantitative estimate of drug-likeness (QED) is 0.839. The Balaban J connectivity index is 2.40. The van der Waals surface area contributed by atoms with E-state index in [1.165, 1.54) is 17.8 Å². The fraction of sp³-hybridized carbons (Fsp3) is 0.154. The standard InChI is InChI=1S/C13H11N3OS/c1-8-3-4-11(10(5-8)7-14)18-13-15-9(2)6-12(17)16-13/h3-6H,1-2H3,(H,15,16,17). The van der Waals surface area contributed by atoms with Gasteiger partial charge >= 0.3 is 0 Å². The molecule has 2 aromatic rings. The Morgan fingerprint density at radius 3 is 2.78 bits per heavy atom.